The second kappa shape index (κ2) is 10.2. The van der Waals surface area contributed by atoms with Gasteiger partial charge in [-0.25, -0.2) is 33.5 Å². The van der Waals surface area contributed by atoms with Gasteiger partial charge in [-0.3, -0.25) is 0 Å². The number of aromatic nitrogens is 5. The van der Waals surface area contributed by atoms with Gasteiger partial charge in [-0.05, 0) is 50.5 Å². The molecule has 0 bridgehead atoms. The highest BCUT2D eigenvalue weighted by atomic mass is 19.1. The third kappa shape index (κ3) is 5.57. The lowest BCUT2D eigenvalue weighted by atomic mass is 9.92. The second-order valence-corrected chi connectivity index (χ2v) is 12.7. The number of carbonyl (C=O) groups excluding carboxylic acids is 1. The number of anilines is 3. The first-order chi connectivity index (χ1) is 19.8. The Morgan fingerprint density at radius 1 is 1.00 bits per heavy atom. The smallest absolute Gasteiger partial charge is 0.410 e. The molecule has 5 heterocycles. The summed E-state index contributed by atoms with van der Waals surface area (Å²) >= 11 is 0. The van der Waals surface area contributed by atoms with Crippen molar-refractivity contribution in [2.75, 3.05) is 36.4 Å². The molecule has 0 atom stereocenters. The molecule has 1 aromatic carbocycles. The van der Waals surface area contributed by atoms with E-state index in [-0.39, 0.29) is 28.7 Å². The van der Waals surface area contributed by atoms with Crippen LogP contribution in [0.1, 0.15) is 40.4 Å². The van der Waals surface area contributed by atoms with Crippen molar-refractivity contribution < 1.29 is 18.3 Å². The number of rotatable bonds is 4. The lowest BCUT2D eigenvalue weighted by Gasteiger charge is -2.36. The standard InChI is InChI=1S/C30H34F2N8O2/c1-29(2,3)42-28(41)39-10-8-38(9-11-39)19-6-7-23(33-15-19)35-27-34-16-21(32)25(37-27)18-12-20(31)26-22(13-18)40-17-30(4,5)14-24(40)36-26/h6-7,12-13,15-16H,8-11,14,17H2,1-5H3,(H,33,34,35,37). The minimum Gasteiger partial charge on any atom is -0.444 e. The summed E-state index contributed by atoms with van der Waals surface area (Å²) in [4.78, 5) is 33.6. The number of fused-ring (bicyclic) bond motifs is 3. The van der Waals surface area contributed by atoms with E-state index < -0.39 is 17.2 Å². The van der Waals surface area contributed by atoms with Crippen LogP contribution in [-0.2, 0) is 17.7 Å². The Labute approximate surface area is 242 Å². The predicted octanol–water partition coefficient (Wildman–Crippen LogP) is 5.55. The van der Waals surface area contributed by atoms with Crippen LogP contribution in [0.25, 0.3) is 22.3 Å². The van der Waals surface area contributed by atoms with Gasteiger partial charge in [0.1, 0.15) is 28.5 Å². The van der Waals surface area contributed by atoms with Crippen LogP contribution in [0.15, 0.2) is 36.7 Å². The molecule has 0 radical (unpaired) electrons. The van der Waals surface area contributed by atoms with Crippen LogP contribution >= 0.6 is 0 Å². The fourth-order valence-corrected chi connectivity index (χ4v) is 5.45. The minimum absolute atomic E-state index is 0.0133. The van der Waals surface area contributed by atoms with Crippen molar-refractivity contribution in [1.29, 1.82) is 0 Å². The van der Waals surface area contributed by atoms with Crippen LogP contribution in [0.4, 0.5) is 31.0 Å². The summed E-state index contributed by atoms with van der Waals surface area (Å²) in [6.07, 6.45) is 3.23. The van der Waals surface area contributed by atoms with Crippen molar-refractivity contribution in [3.63, 3.8) is 0 Å². The molecule has 220 valence electrons. The predicted molar refractivity (Wildman–Crippen MR) is 156 cm³/mol. The monoisotopic (exact) mass is 576 g/mol. The minimum atomic E-state index is -0.658. The number of halogens is 2. The molecule has 0 aliphatic carbocycles. The average Bonchev–Trinajstić information content (AvgIpc) is 3.41. The van der Waals surface area contributed by atoms with E-state index in [9.17, 15) is 9.18 Å². The SMILES string of the molecule is CC1(C)Cc2nc3c(F)cc(-c4nc(Nc5ccc(N6CCN(C(=O)OC(C)(C)C)CC6)cn5)ncc4F)cc3n2C1. The van der Waals surface area contributed by atoms with E-state index in [4.69, 9.17) is 4.74 Å². The van der Waals surface area contributed by atoms with E-state index in [1.807, 2.05) is 31.4 Å². The normalized spacial score (nSPS) is 16.5. The number of pyridine rings is 1. The first-order valence-electron chi connectivity index (χ1n) is 14.0. The van der Waals surface area contributed by atoms with Crippen LogP contribution in [0.2, 0.25) is 0 Å². The summed E-state index contributed by atoms with van der Waals surface area (Å²) in [5.41, 5.74) is 1.61. The summed E-state index contributed by atoms with van der Waals surface area (Å²) in [5, 5.41) is 3.02. The second-order valence-electron chi connectivity index (χ2n) is 12.7. The van der Waals surface area contributed by atoms with E-state index in [0.717, 1.165) is 24.1 Å². The zero-order valence-corrected chi connectivity index (χ0v) is 24.4. The third-order valence-electron chi connectivity index (χ3n) is 7.41. The molecule has 12 heteroatoms. The first kappa shape index (κ1) is 27.8. The Balaban J connectivity index is 1.16. The van der Waals surface area contributed by atoms with Crippen LogP contribution in [0.3, 0.4) is 0 Å². The van der Waals surface area contributed by atoms with Crippen molar-refractivity contribution in [2.45, 2.75) is 53.2 Å². The van der Waals surface area contributed by atoms with Crippen molar-refractivity contribution >= 4 is 34.6 Å². The Morgan fingerprint density at radius 3 is 2.45 bits per heavy atom. The van der Waals surface area contributed by atoms with E-state index >= 15 is 4.39 Å². The highest BCUT2D eigenvalue weighted by Crippen LogP contribution is 2.37. The Bertz CT molecular complexity index is 1650. The summed E-state index contributed by atoms with van der Waals surface area (Å²) in [7, 11) is 0. The number of carbonyl (C=O) groups is 1. The number of amides is 1. The maximum atomic E-state index is 15.1. The zero-order valence-electron chi connectivity index (χ0n) is 24.4. The lowest BCUT2D eigenvalue weighted by Crippen LogP contribution is -2.50. The van der Waals surface area contributed by atoms with E-state index in [2.05, 4.69) is 44.0 Å². The van der Waals surface area contributed by atoms with E-state index in [1.165, 1.54) is 6.07 Å². The molecule has 1 saturated heterocycles. The van der Waals surface area contributed by atoms with Crippen LogP contribution in [0, 0.1) is 17.0 Å². The molecule has 3 aromatic heterocycles. The third-order valence-corrected chi connectivity index (χ3v) is 7.41. The molecule has 42 heavy (non-hydrogen) atoms. The fraction of sp³-hybridized carbons (Fsp3) is 0.433. The molecule has 0 saturated carbocycles. The van der Waals surface area contributed by atoms with E-state index in [1.54, 1.807) is 23.2 Å². The van der Waals surface area contributed by atoms with Gasteiger partial charge in [0.15, 0.2) is 11.6 Å². The molecule has 1 N–H and O–H groups in total. The summed E-state index contributed by atoms with van der Waals surface area (Å²) in [5.74, 6) is 0.267. The quantitative estimate of drug-likeness (QED) is 0.338. The topological polar surface area (TPSA) is 101 Å². The molecule has 10 nitrogen and oxygen atoms in total. The van der Waals surface area contributed by atoms with Gasteiger partial charge in [-0.15, -0.1) is 0 Å². The number of nitrogens with one attached hydrogen (secondary N) is 1. The van der Waals surface area contributed by atoms with Crippen molar-refractivity contribution in [1.82, 2.24) is 29.4 Å². The molecule has 2 aliphatic heterocycles. The van der Waals surface area contributed by atoms with Gasteiger partial charge >= 0.3 is 6.09 Å². The summed E-state index contributed by atoms with van der Waals surface area (Å²) < 4.78 is 37.5. The summed E-state index contributed by atoms with van der Waals surface area (Å²) in [6, 6.07) is 6.70. The molecule has 1 amide bonds. The van der Waals surface area contributed by atoms with Gasteiger partial charge in [0, 0.05) is 44.7 Å². The zero-order chi connectivity index (χ0) is 29.8. The van der Waals surface area contributed by atoms with Gasteiger partial charge < -0.3 is 24.4 Å². The fourth-order valence-electron chi connectivity index (χ4n) is 5.45. The van der Waals surface area contributed by atoms with Crippen LogP contribution in [0.5, 0.6) is 0 Å². The Hall–Kier alpha value is -4.35. The molecule has 1 fully saturated rings. The molecule has 4 aromatic rings. The Kier molecular flexibility index (Phi) is 6.74. The number of benzene rings is 1. The first-order valence-corrected chi connectivity index (χ1v) is 14.0. The highest BCUT2D eigenvalue weighted by molar-refractivity contribution is 5.83. The van der Waals surface area contributed by atoms with Crippen molar-refractivity contribution in [3.8, 4) is 11.3 Å². The maximum Gasteiger partial charge on any atom is 0.410 e. The number of ether oxygens (including phenoxy) is 1. The number of imidazole rings is 1. The summed E-state index contributed by atoms with van der Waals surface area (Å²) in [6.45, 7) is 12.9. The molecule has 0 spiro atoms. The highest BCUT2D eigenvalue weighted by Gasteiger charge is 2.32. The van der Waals surface area contributed by atoms with Gasteiger partial charge in [0.2, 0.25) is 5.95 Å². The molecule has 6 rings (SSSR count). The average molecular weight is 577 g/mol. The molecule has 0 unspecified atom stereocenters. The van der Waals surface area contributed by atoms with Crippen LogP contribution < -0.4 is 10.2 Å². The van der Waals surface area contributed by atoms with E-state index in [0.29, 0.717) is 49.6 Å². The number of piperazine rings is 1. The number of hydrogen-bond acceptors (Lipinski definition) is 8. The largest absolute Gasteiger partial charge is 0.444 e. The molecular weight excluding hydrogens is 542 g/mol. The van der Waals surface area contributed by atoms with Crippen molar-refractivity contribution in [2.24, 2.45) is 5.41 Å². The van der Waals surface area contributed by atoms with Gasteiger partial charge in [-0.1, -0.05) is 13.8 Å². The van der Waals surface area contributed by atoms with Gasteiger partial charge in [0.25, 0.3) is 0 Å². The number of nitrogens with zero attached hydrogens (tertiary/aromatic N) is 7. The lowest BCUT2D eigenvalue weighted by molar-refractivity contribution is 0.0240. The number of hydrogen-bond donors (Lipinski definition) is 1. The van der Waals surface area contributed by atoms with Crippen molar-refractivity contribution in [3.05, 3.63) is 54.1 Å². The van der Waals surface area contributed by atoms with Gasteiger partial charge in [0.05, 0.1) is 23.6 Å². The molecular formula is C30H34F2N8O2. The van der Waals surface area contributed by atoms with Gasteiger partial charge in [-0.2, -0.15) is 0 Å². The Morgan fingerprint density at radius 2 is 1.76 bits per heavy atom. The maximum absolute atomic E-state index is 15.1. The van der Waals surface area contributed by atoms with Crippen LogP contribution in [-0.4, -0.2) is 67.3 Å². The molecule has 2 aliphatic rings.